The second kappa shape index (κ2) is 8.55. The smallest absolute Gasteiger partial charge is 0.236 e. The molecule has 2 aromatic heterocycles. The second-order valence-electron chi connectivity index (χ2n) is 7.69. The molecule has 2 N–H and O–H groups in total. The molecular formula is C24H21FN6O. The van der Waals surface area contributed by atoms with E-state index in [0.29, 0.717) is 22.5 Å². The van der Waals surface area contributed by atoms with Gasteiger partial charge in [-0.2, -0.15) is 5.26 Å². The zero-order chi connectivity index (χ0) is 21.9. The number of halogens is 1. The van der Waals surface area contributed by atoms with Gasteiger partial charge in [-0.3, -0.25) is 0 Å². The van der Waals surface area contributed by atoms with Gasteiger partial charge in [0.15, 0.2) is 0 Å². The molecule has 0 unspecified atom stereocenters. The summed E-state index contributed by atoms with van der Waals surface area (Å²) in [5.74, 6) is 1.90. The van der Waals surface area contributed by atoms with Crippen molar-refractivity contribution in [1.82, 2.24) is 15.0 Å². The van der Waals surface area contributed by atoms with Crippen LogP contribution in [0.25, 0.3) is 10.9 Å². The Kier molecular flexibility index (Phi) is 5.30. The maximum Gasteiger partial charge on any atom is 0.236 e. The van der Waals surface area contributed by atoms with Crippen molar-refractivity contribution in [2.24, 2.45) is 0 Å². The number of ether oxygens (including phenoxy) is 1. The number of anilines is 3. The molecule has 1 aliphatic heterocycles. The maximum absolute atomic E-state index is 13.7. The van der Waals surface area contributed by atoms with E-state index < -0.39 is 0 Å². The average molecular weight is 428 g/mol. The summed E-state index contributed by atoms with van der Waals surface area (Å²) in [7, 11) is 0. The maximum atomic E-state index is 13.7. The van der Waals surface area contributed by atoms with E-state index in [9.17, 15) is 9.65 Å². The van der Waals surface area contributed by atoms with Gasteiger partial charge in [-0.25, -0.2) is 14.4 Å². The van der Waals surface area contributed by atoms with Gasteiger partial charge in [0.1, 0.15) is 35.4 Å². The molecule has 32 heavy (non-hydrogen) atoms. The van der Waals surface area contributed by atoms with Crippen LogP contribution in [0.2, 0.25) is 0 Å². The Labute approximate surface area is 184 Å². The predicted molar refractivity (Wildman–Crippen MR) is 121 cm³/mol. The lowest BCUT2D eigenvalue weighted by Crippen LogP contribution is -2.38. The molecule has 1 saturated heterocycles. The highest BCUT2D eigenvalue weighted by molar-refractivity contribution is 5.84. The average Bonchev–Trinajstić information content (AvgIpc) is 3.20. The minimum atomic E-state index is -0.290. The first-order valence-electron chi connectivity index (χ1n) is 10.5. The SMILES string of the molecule is N#Cc1nc(Nc2ccc3c(F)c[nH]c3c2)cc(N2CCC(Oc3ccccc3)CC2)n1. The van der Waals surface area contributed by atoms with E-state index >= 15 is 0 Å². The van der Waals surface area contributed by atoms with E-state index in [1.54, 1.807) is 18.2 Å². The molecule has 0 spiro atoms. The van der Waals surface area contributed by atoms with Gasteiger partial charge in [-0.1, -0.05) is 18.2 Å². The molecule has 0 bridgehead atoms. The van der Waals surface area contributed by atoms with Crippen molar-refractivity contribution < 1.29 is 9.13 Å². The van der Waals surface area contributed by atoms with E-state index in [-0.39, 0.29) is 17.7 Å². The Balaban J connectivity index is 1.30. The molecule has 5 rings (SSSR count). The summed E-state index contributed by atoms with van der Waals surface area (Å²) in [6, 6.07) is 19.0. The molecule has 0 atom stereocenters. The summed E-state index contributed by atoms with van der Waals surface area (Å²) >= 11 is 0. The highest BCUT2D eigenvalue weighted by atomic mass is 19.1. The van der Waals surface area contributed by atoms with Gasteiger partial charge in [0.25, 0.3) is 0 Å². The molecule has 7 nitrogen and oxygen atoms in total. The number of fused-ring (bicyclic) bond motifs is 1. The van der Waals surface area contributed by atoms with E-state index in [1.165, 1.54) is 6.20 Å². The molecule has 0 aliphatic carbocycles. The summed E-state index contributed by atoms with van der Waals surface area (Å²) < 4.78 is 19.8. The van der Waals surface area contributed by atoms with Crippen LogP contribution < -0.4 is 15.0 Å². The number of rotatable bonds is 5. The van der Waals surface area contributed by atoms with Crippen LogP contribution in [0.4, 0.5) is 21.7 Å². The molecule has 3 heterocycles. The number of hydrogen-bond donors (Lipinski definition) is 2. The fourth-order valence-electron chi connectivity index (χ4n) is 3.92. The van der Waals surface area contributed by atoms with Crippen LogP contribution in [0, 0.1) is 17.1 Å². The third-order valence-electron chi connectivity index (χ3n) is 5.53. The van der Waals surface area contributed by atoms with E-state index in [2.05, 4.69) is 25.2 Å². The van der Waals surface area contributed by atoms with Crippen LogP contribution >= 0.6 is 0 Å². The first-order chi connectivity index (χ1) is 15.7. The van der Waals surface area contributed by atoms with Gasteiger partial charge >= 0.3 is 0 Å². The Morgan fingerprint density at radius 1 is 1.09 bits per heavy atom. The van der Waals surface area contributed by atoms with Crippen LogP contribution in [0.15, 0.2) is 60.8 Å². The number of benzene rings is 2. The predicted octanol–water partition coefficient (Wildman–Crippen LogP) is 4.76. The minimum Gasteiger partial charge on any atom is -0.490 e. The molecule has 0 radical (unpaired) electrons. The highest BCUT2D eigenvalue weighted by Crippen LogP contribution is 2.26. The Bertz CT molecular complexity index is 1270. The number of aromatic nitrogens is 3. The van der Waals surface area contributed by atoms with Crippen molar-refractivity contribution in [1.29, 1.82) is 5.26 Å². The summed E-state index contributed by atoms with van der Waals surface area (Å²) in [5.41, 5.74) is 1.42. The van der Waals surface area contributed by atoms with Gasteiger partial charge in [0.2, 0.25) is 5.82 Å². The summed E-state index contributed by atoms with van der Waals surface area (Å²) in [5, 5.41) is 13.1. The van der Waals surface area contributed by atoms with Gasteiger partial charge < -0.3 is 19.9 Å². The third-order valence-corrected chi connectivity index (χ3v) is 5.53. The standard InChI is InChI=1S/C24H21FN6O/c25-20-15-27-21-12-16(6-7-19(20)21)28-22-13-24(30-23(14-26)29-22)31-10-8-18(9-11-31)32-17-4-2-1-3-5-17/h1-7,12-13,15,18,27H,8-11H2,(H,28,29,30). The lowest BCUT2D eigenvalue weighted by Gasteiger charge is -2.33. The number of nitrogens with zero attached hydrogens (tertiary/aromatic N) is 4. The largest absolute Gasteiger partial charge is 0.490 e. The topological polar surface area (TPSA) is 89.9 Å². The molecular weight excluding hydrogens is 407 g/mol. The quantitative estimate of drug-likeness (QED) is 0.476. The van der Waals surface area contributed by atoms with E-state index in [0.717, 1.165) is 37.4 Å². The fraction of sp³-hybridized carbons (Fsp3) is 0.208. The van der Waals surface area contributed by atoms with Crippen molar-refractivity contribution in [3.05, 3.63) is 72.4 Å². The molecule has 8 heteroatoms. The fourth-order valence-corrected chi connectivity index (χ4v) is 3.92. The van der Waals surface area contributed by atoms with Crippen molar-refractivity contribution in [2.75, 3.05) is 23.3 Å². The third kappa shape index (κ3) is 4.18. The summed E-state index contributed by atoms with van der Waals surface area (Å²) in [4.78, 5) is 13.7. The first-order valence-corrected chi connectivity index (χ1v) is 10.5. The molecule has 160 valence electrons. The highest BCUT2D eigenvalue weighted by Gasteiger charge is 2.22. The number of aromatic amines is 1. The number of nitrogens with one attached hydrogen (secondary N) is 2. The van der Waals surface area contributed by atoms with Crippen LogP contribution in [0.5, 0.6) is 5.75 Å². The Hall–Kier alpha value is -4.12. The lowest BCUT2D eigenvalue weighted by molar-refractivity contribution is 0.170. The number of piperidine rings is 1. The molecule has 1 fully saturated rings. The normalized spacial score (nSPS) is 14.3. The number of nitriles is 1. The minimum absolute atomic E-state index is 0.0969. The zero-order valence-electron chi connectivity index (χ0n) is 17.3. The molecule has 0 amide bonds. The van der Waals surface area contributed by atoms with Gasteiger partial charge in [-0.15, -0.1) is 0 Å². The lowest BCUT2D eigenvalue weighted by atomic mass is 10.1. The first kappa shape index (κ1) is 19.8. The Morgan fingerprint density at radius 2 is 1.91 bits per heavy atom. The molecule has 0 saturated carbocycles. The van der Waals surface area contributed by atoms with Crippen molar-refractivity contribution in [3.8, 4) is 11.8 Å². The van der Waals surface area contributed by atoms with Gasteiger partial charge in [0.05, 0.1) is 5.52 Å². The van der Waals surface area contributed by atoms with Crippen molar-refractivity contribution in [3.63, 3.8) is 0 Å². The Morgan fingerprint density at radius 3 is 2.69 bits per heavy atom. The number of hydrogen-bond acceptors (Lipinski definition) is 6. The number of H-pyrrole nitrogens is 1. The van der Waals surface area contributed by atoms with E-state index in [4.69, 9.17) is 4.74 Å². The zero-order valence-corrected chi connectivity index (χ0v) is 17.3. The van der Waals surface area contributed by atoms with Crippen LogP contribution in [-0.4, -0.2) is 34.1 Å². The molecule has 4 aromatic rings. The second-order valence-corrected chi connectivity index (χ2v) is 7.69. The monoisotopic (exact) mass is 428 g/mol. The van der Waals surface area contributed by atoms with Crippen LogP contribution in [-0.2, 0) is 0 Å². The molecule has 2 aromatic carbocycles. The van der Waals surface area contributed by atoms with E-state index in [1.807, 2.05) is 42.5 Å². The van der Waals surface area contributed by atoms with Crippen molar-refractivity contribution in [2.45, 2.75) is 18.9 Å². The van der Waals surface area contributed by atoms with Crippen molar-refractivity contribution >= 4 is 28.2 Å². The van der Waals surface area contributed by atoms with Crippen LogP contribution in [0.3, 0.4) is 0 Å². The summed E-state index contributed by atoms with van der Waals surface area (Å²) in [6.07, 6.45) is 3.20. The number of para-hydroxylation sites is 1. The molecule has 1 aliphatic rings. The van der Waals surface area contributed by atoms with Gasteiger partial charge in [-0.05, 0) is 30.3 Å². The van der Waals surface area contributed by atoms with Crippen LogP contribution in [0.1, 0.15) is 18.7 Å². The van der Waals surface area contributed by atoms with Gasteiger partial charge in [0, 0.05) is 49.3 Å². The summed E-state index contributed by atoms with van der Waals surface area (Å²) in [6.45, 7) is 1.54.